The van der Waals surface area contributed by atoms with Gasteiger partial charge in [-0.1, -0.05) is 41.9 Å². The van der Waals surface area contributed by atoms with Gasteiger partial charge in [0.1, 0.15) is 5.82 Å². The highest BCUT2D eigenvalue weighted by atomic mass is 35.5. The van der Waals surface area contributed by atoms with Gasteiger partial charge >= 0.3 is 0 Å². The standard InChI is InChI=1S/C18H19ClFN/c1-12(13-6-8-15(20)9-7-13)21-16-10-14(11-16)17-4-2-3-5-18(17)19/h2-9,12,14,16,21H,10-11H2,1H3. The topological polar surface area (TPSA) is 12.0 Å². The van der Waals surface area contributed by atoms with Crippen molar-refractivity contribution in [3.63, 3.8) is 0 Å². The van der Waals surface area contributed by atoms with E-state index in [1.54, 1.807) is 0 Å². The molecule has 21 heavy (non-hydrogen) atoms. The zero-order chi connectivity index (χ0) is 14.8. The summed E-state index contributed by atoms with van der Waals surface area (Å²) in [6.45, 7) is 2.12. The van der Waals surface area contributed by atoms with Crippen molar-refractivity contribution in [2.24, 2.45) is 0 Å². The maximum Gasteiger partial charge on any atom is 0.123 e. The fraction of sp³-hybridized carbons (Fsp3) is 0.333. The van der Waals surface area contributed by atoms with Crippen LogP contribution in [-0.4, -0.2) is 6.04 Å². The summed E-state index contributed by atoms with van der Waals surface area (Å²) >= 11 is 6.24. The summed E-state index contributed by atoms with van der Waals surface area (Å²) in [4.78, 5) is 0. The number of rotatable bonds is 4. The summed E-state index contributed by atoms with van der Waals surface area (Å²) in [5.74, 6) is 0.366. The van der Waals surface area contributed by atoms with Gasteiger partial charge in [0, 0.05) is 17.1 Å². The van der Waals surface area contributed by atoms with Gasteiger partial charge in [0.2, 0.25) is 0 Å². The third-order valence-corrected chi connectivity index (χ3v) is 4.68. The fourth-order valence-corrected chi connectivity index (χ4v) is 3.31. The molecule has 3 rings (SSSR count). The molecule has 110 valence electrons. The maximum atomic E-state index is 12.9. The normalized spacial score (nSPS) is 22.6. The minimum atomic E-state index is -0.187. The zero-order valence-electron chi connectivity index (χ0n) is 12.0. The second-order valence-corrected chi connectivity index (χ2v) is 6.23. The monoisotopic (exact) mass is 303 g/mol. The summed E-state index contributed by atoms with van der Waals surface area (Å²) in [6.07, 6.45) is 2.21. The number of hydrogen-bond acceptors (Lipinski definition) is 1. The van der Waals surface area contributed by atoms with Crippen molar-refractivity contribution in [3.05, 3.63) is 70.5 Å². The molecule has 1 atom stereocenters. The van der Waals surface area contributed by atoms with E-state index < -0.39 is 0 Å². The van der Waals surface area contributed by atoms with Crippen molar-refractivity contribution in [2.75, 3.05) is 0 Å². The van der Waals surface area contributed by atoms with E-state index in [0.29, 0.717) is 12.0 Å². The van der Waals surface area contributed by atoms with Crippen molar-refractivity contribution in [1.82, 2.24) is 5.32 Å². The lowest BCUT2D eigenvalue weighted by Gasteiger charge is -2.38. The van der Waals surface area contributed by atoms with E-state index in [1.165, 1.54) is 17.7 Å². The first kappa shape index (κ1) is 14.6. The third kappa shape index (κ3) is 3.28. The summed E-state index contributed by atoms with van der Waals surface area (Å²) < 4.78 is 12.9. The molecule has 0 radical (unpaired) electrons. The zero-order valence-corrected chi connectivity index (χ0v) is 12.8. The molecule has 1 N–H and O–H groups in total. The summed E-state index contributed by atoms with van der Waals surface area (Å²) in [6, 6.07) is 15.6. The Balaban J connectivity index is 1.55. The van der Waals surface area contributed by atoms with Crippen LogP contribution in [0.15, 0.2) is 48.5 Å². The van der Waals surface area contributed by atoms with Crippen molar-refractivity contribution in [1.29, 1.82) is 0 Å². The van der Waals surface area contributed by atoms with Crippen LogP contribution in [0.25, 0.3) is 0 Å². The first-order valence-corrected chi connectivity index (χ1v) is 7.77. The van der Waals surface area contributed by atoms with E-state index in [0.717, 1.165) is 23.4 Å². The lowest BCUT2D eigenvalue weighted by Crippen LogP contribution is -2.41. The summed E-state index contributed by atoms with van der Waals surface area (Å²) in [7, 11) is 0. The average Bonchev–Trinajstić information content (AvgIpc) is 2.44. The summed E-state index contributed by atoms with van der Waals surface area (Å²) in [5.41, 5.74) is 2.38. The van der Waals surface area contributed by atoms with Gasteiger partial charge < -0.3 is 5.32 Å². The Bertz CT molecular complexity index is 605. The molecule has 0 saturated heterocycles. The van der Waals surface area contributed by atoms with E-state index in [2.05, 4.69) is 18.3 Å². The highest BCUT2D eigenvalue weighted by molar-refractivity contribution is 6.31. The molecule has 2 aromatic rings. The van der Waals surface area contributed by atoms with E-state index in [4.69, 9.17) is 11.6 Å². The van der Waals surface area contributed by atoms with E-state index in [9.17, 15) is 4.39 Å². The first-order chi connectivity index (χ1) is 10.1. The highest BCUT2D eigenvalue weighted by Crippen LogP contribution is 2.40. The molecular formula is C18H19ClFN. The molecule has 0 bridgehead atoms. The van der Waals surface area contributed by atoms with Crippen molar-refractivity contribution in [3.8, 4) is 0 Å². The molecule has 1 saturated carbocycles. The molecular weight excluding hydrogens is 285 g/mol. The molecule has 0 amide bonds. The molecule has 1 nitrogen and oxygen atoms in total. The van der Waals surface area contributed by atoms with Gasteiger partial charge in [-0.15, -0.1) is 0 Å². The second kappa shape index (κ2) is 6.17. The van der Waals surface area contributed by atoms with Gasteiger partial charge in [0.05, 0.1) is 0 Å². The molecule has 3 heteroatoms. The number of benzene rings is 2. The Morgan fingerprint density at radius 1 is 1.10 bits per heavy atom. The lowest BCUT2D eigenvalue weighted by atomic mass is 9.75. The van der Waals surface area contributed by atoms with Crippen LogP contribution in [0.1, 0.15) is 42.9 Å². The Morgan fingerprint density at radius 2 is 1.76 bits per heavy atom. The molecule has 1 aliphatic carbocycles. The maximum absolute atomic E-state index is 12.9. The Labute approximate surface area is 130 Å². The number of nitrogens with one attached hydrogen (secondary N) is 1. The van der Waals surface area contributed by atoms with Crippen molar-refractivity contribution >= 4 is 11.6 Å². The predicted octanol–water partition coefficient (Wildman–Crippen LogP) is 5.08. The largest absolute Gasteiger partial charge is 0.307 e. The number of halogens is 2. The molecule has 2 aromatic carbocycles. The minimum Gasteiger partial charge on any atom is -0.307 e. The lowest BCUT2D eigenvalue weighted by molar-refractivity contribution is 0.271. The van der Waals surface area contributed by atoms with Crippen molar-refractivity contribution < 1.29 is 4.39 Å². The Hall–Kier alpha value is -1.38. The van der Waals surface area contributed by atoms with E-state index in [1.807, 2.05) is 30.3 Å². The molecule has 0 heterocycles. The second-order valence-electron chi connectivity index (χ2n) is 5.83. The van der Waals surface area contributed by atoms with Crippen LogP contribution >= 0.6 is 11.6 Å². The molecule has 1 aliphatic rings. The molecule has 1 fully saturated rings. The van der Waals surface area contributed by atoms with Gasteiger partial charge in [-0.3, -0.25) is 0 Å². The molecule has 0 aliphatic heterocycles. The quantitative estimate of drug-likeness (QED) is 0.831. The van der Waals surface area contributed by atoms with Crippen LogP contribution in [0, 0.1) is 5.82 Å². The molecule has 0 spiro atoms. The third-order valence-electron chi connectivity index (χ3n) is 4.34. The minimum absolute atomic E-state index is 0.187. The van der Waals surface area contributed by atoms with Gasteiger partial charge in [0.25, 0.3) is 0 Å². The molecule has 1 unspecified atom stereocenters. The highest BCUT2D eigenvalue weighted by Gasteiger charge is 2.32. The van der Waals surface area contributed by atoms with Crippen LogP contribution in [0.4, 0.5) is 4.39 Å². The van der Waals surface area contributed by atoms with Crippen LogP contribution in [-0.2, 0) is 0 Å². The fourth-order valence-electron chi connectivity index (χ4n) is 3.02. The molecule has 0 aromatic heterocycles. The van der Waals surface area contributed by atoms with Crippen LogP contribution in [0.2, 0.25) is 5.02 Å². The number of hydrogen-bond donors (Lipinski definition) is 1. The Kier molecular flexibility index (Phi) is 4.27. The SMILES string of the molecule is CC(NC1CC(c2ccccc2Cl)C1)c1ccc(F)cc1. The smallest absolute Gasteiger partial charge is 0.123 e. The van der Waals surface area contributed by atoms with Crippen LogP contribution in [0.3, 0.4) is 0 Å². The van der Waals surface area contributed by atoms with Crippen molar-refractivity contribution in [2.45, 2.75) is 37.8 Å². The Morgan fingerprint density at radius 3 is 2.43 bits per heavy atom. The van der Waals surface area contributed by atoms with E-state index >= 15 is 0 Å². The van der Waals surface area contributed by atoms with E-state index in [-0.39, 0.29) is 11.9 Å². The van der Waals surface area contributed by atoms with Gasteiger partial charge in [-0.25, -0.2) is 4.39 Å². The van der Waals surface area contributed by atoms with Gasteiger partial charge in [-0.2, -0.15) is 0 Å². The van der Waals surface area contributed by atoms with Crippen LogP contribution < -0.4 is 5.32 Å². The average molecular weight is 304 g/mol. The predicted molar refractivity (Wildman–Crippen MR) is 85.2 cm³/mol. The summed E-state index contributed by atoms with van der Waals surface area (Å²) in [5, 5.41) is 4.47. The van der Waals surface area contributed by atoms with Gasteiger partial charge in [-0.05, 0) is 55.0 Å². The van der Waals surface area contributed by atoms with Crippen LogP contribution in [0.5, 0.6) is 0 Å². The van der Waals surface area contributed by atoms with Gasteiger partial charge in [0.15, 0.2) is 0 Å². The first-order valence-electron chi connectivity index (χ1n) is 7.39.